The second kappa shape index (κ2) is 12.9. The first-order valence-corrected chi connectivity index (χ1v) is 12.2. The molecule has 4 rings (SSSR count). The number of fused-ring (bicyclic) bond motifs is 1. The number of nitrogens with one attached hydrogen (secondary N) is 2. The van der Waals surface area contributed by atoms with Gasteiger partial charge in [0.2, 0.25) is 5.91 Å². The number of anilines is 3. The standard InChI is InChI=1S/C26H29F2N7O4/c1-34(8-9-36)7-4-10-39-23-12-21-18(11-22(23)38-2)26(30-16-29-21)32-17-13-31-35(14-17)15-24(37)33-20-6-3-5-19(27)25(20)28/h3,5-6,11-14,16,36H,4,7-10,15H2,1-2H3,(H,33,37)(H,29,30,32). The van der Waals surface area contributed by atoms with Crippen molar-refractivity contribution in [1.29, 1.82) is 0 Å². The minimum atomic E-state index is -1.13. The Hall–Kier alpha value is -4.36. The number of nitrogens with zero attached hydrogens (tertiary/aromatic N) is 5. The Morgan fingerprint density at radius 2 is 2.03 bits per heavy atom. The molecule has 0 unspecified atom stereocenters. The SMILES string of the molecule is COc1cc2c(Nc3cnn(CC(=O)Nc4cccc(F)c4F)c3)ncnc2cc1OCCCN(C)CCO. The summed E-state index contributed by atoms with van der Waals surface area (Å²) in [5, 5.41) is 19.3. The summed E-state index contributed by atoms with van der Waals surface area (Å²) in [6.45, 7) is 1.75. The molecule has 0 spiro atoms. The molecule has 11 nitrogen and oxygen atoms in total. The van der Waals surface area contributed by atoms with Crippen LogP contribution in [0.3, 0.4) is 0 Å². The molecule has 0 atom stereocenters. The predicted octanol–water partition coefficient (Wildman–Crippen LogP) is 3.19. The maximum Gasteiger partial charge on any atom is 0.246 e. The number of carbonyl (C=O) groups excluding carboxylic acids is 1. The lowest BCUT2D eigenvalue weighted by Gasteiger charge is -2.16. The van der Waals surface area contributed by atoms with Crippen molar-refractivity contribution >= 4 is 34.0 Å². The third-order valence-corrected chi connectivity index (χ3v) is 5.77. The fourth-order valence-corrected chi connectivity index (χ4v) is 3.82. The van der Waals surface area contributed by atoms with E-state index >= 15 is 0 Å². The number of amides is 1. The van der Waals surface area contributed by atoms with Crippen LogP contribution < -0.4 is 20.1 Å². The van der Waals surface area contributed by atoms with Gasteiger partial charge in [-0.15, -0.1) is 0 Å². The van der Waals surface area contributed by atoms with E-state index in [1.807, 2.05) is 11.9 Å². The lowest BCUT2D eigenvalue weighted by molar-refractivity contribution is -0.116. The Bertz CT molecular complexity index is 1430. The average molecular weight is 542 g/mol. The second-order valence-corrected chi connectivity index (χ2v) is 8.67. The molecule has 3 N–H and O–H groups in total. The summed E-state index contributed by atoms with van der Waals surface area (Å²) in [5.41, 5.74) is 0.930. The highest BCUT2D eigenvalue weighted by molar-refractivity contribution is 5.93. The number of hydrogen-bond acceptors (Lipinski definition) is 9. The zero-order valence-corrected chi connectivity index (χ0v) is 21.5. The maximum absolute atomic E-state index is 13.8. The molecule has 0 fully saturated rings. The van der Waals surface area contributed by atoms with Crippen LogP contribution in [0, 0.1) is 11.6 Å². The topological polar surface area (TPSA) is 127 Å². The maximum atomic E-state index is 13.8. The molecule has 0 saturated heterocycles. The van der Waals surface area contributed by atoms with E-state index in [2.05, 4.69) is 25.7 Å². The molecule has 206 valence electrons. The number of hydrogen-bond donors (Lipinski definition) is 3. The molecule has 4 aromatic rings. The Morgan fingerprint density at radius 1 is 1.18 bits per heavy atom. The van der Waals surface area contributed by atoms with Crippen molar-refractivity contribution in [3.8, 4) is 11.5 Å². The molecule has 13 heteroatoms. The summed E-state index contributed by atoms with van der Waals surface area (Å²) < 4.78 is 40.0. The first kappa shape index (κ1) is 27.7. The van der Waals surface area contributed by atoms with Crippen LogP contribution in [0.1, 0.15) is 6.42 Å². The monoisotopic (exact) mass is 541 g/mol. The highest BCUT2D eigenvalue weighted by Crippen LogP contribution is 2.34. The number of aliphatic hydroxyl groups excluding tert-OH is 1. The van der Waals surface area contributed by atoms with Gasteiger partial charge in [-0.05, 0) is 31.7 Å². The Labute approximate surface area is 223 Å². The van der Waals surface area contributed by atoms with Crippen molar-refractivity contribution in [2.45, 2.75) is 13.0 Å². The Balaban J connectivity index is 1.42. The molecule has 2 heterocycles. The van der Waals surface area contributed by atoms with E-state index < -0.39 is 17.5 Å². The van der Waals surface area contributed by atoms with Crippen molar-refractivity contribution in [2.24, 2.45) is 0 Å². The van der Waals surface area contributed by atoms with Crippen LogP contribution >= 0.6 is 0 Å². The van der Waals surface area contributed by atoms with Gasteiger partial charge in [-0.1, -0.05) is 6.07 Å². The summed E-state index contributed by atoms with van der Waals surface area (Å²) in [7, 11) is 3.48. The molecule has 0 saturated carbocycles. The summed E-state index contributed by atoms with van der Waals surface area (Å²) in [6.07, 6.45) is 5.27. The van der Waals surface area contributed by atoms with Gasteiger partial charge in [0.1, 0.15) is 18.7 Å². The second-order valence-electron chi connectivity index (χ2n) is 8.67. The quantitative estimate of drug-likeness (QED) is 0.219. The molecular formula is C26H29F2N7O4. The lowest BCUT2D eigenvalue weighted by atomic mass is 10.2. The number of aromatic nitrogens is 4. The molecular weight excluding hydrogens is 512 g/mol. The van der Waals surface area contributed by atoms with Crippen LogP contribution in [0.15, 0.2) is 49.1 Å². The van der Waals surface area contributed by atoms with Gasteiger partial charge in [-0.25, -0.2) is 18.7 Å². The third kappa shape index (κ3) is 7.15. The van der Waals surface area contributed by atoms with Gasteiger partial charge in [-0.2, -0.15) is 5.10 Å². The number of carbonyl (C=O) groups is 1. The zero-order chi connectivity index (χ0) is 27.8. The molecule has 2 aromatic carbocycles. The van der Waals surface area contributed by atoms with Crippen LogP contribution in [-0.2, 0) is 11.3 Å². The normalized spacial score (nSPS) is 11.1. The summed E-state index contributed by atoms with van der Waals surface area (Å²) >= 11 is 0. The van der Waals surface area contributed by atoms with Gasteiger partial charge in [0.25, 0.3) is 0 Å². The van der Waals surface area contributed by atoms with Crippen LogP contribution in [-0.4, -0.2) is 76.1 Å². The number of benzene rings is 2. The van der Waals surface area contributed by atoms with Crippen molar-refractivity contribution in [3.63, 3.8) is 0 Å². The van der Waals surface area contributed by atoms with Crippen molar-refractivity contribution < 1.29 is 28.2 Å². The minimum absolute atomic E-state index is 0.111. The lowest BCUT2D eigenvalue weighted by Crippen LogP contribution is -2.24. The van der Waals surface area contributed by atoms with Crippen LogP contribution in [0.5, 0.6) is 11.5 Å². The molecule has 0 aliphatic rings. The summed E-state index contributed by atoms with van der Waals surface area (Å²) in [5.74, 6) is -1.19. The highest BCUT2D eigenvalue weighted by Gasteiger charge is 2.14. The Morgan fingerprint density at radius 3 is 2.82 bits per heavy atom. The van der Waals surface area contributed by atoms with Crippen LogP contribution in [0.4, 0.5) is 26.0 Å². The van der Waals surface area contributed by atoms with Crippen molar-refractivity contribution in [2.75, 3.05) is 51.1 Å². The van der Waals surface area contributed by atoms with Crippen LogP contribution in [0.2, 0.25) is 0 Å². The number of likely N-dealkylation sites (N-methyl/N-ethyl adjacent to an activating group) is 1. The van der Waals surface area contributed by atoms with E-state index in [0.717, 1.165) is 19.0 Å². The molecule has 0 bridgehead atoms. The number of rotatable bonds is 13. The number of aliphatic hydroxyl groups is 1. The van der Waals surface area contributed by atoms with E-state index in [0.29, 0.717) is 47.1 Å². The van der Waals surface area contributed by atoms with E-state index in [1.165, 1.54) is 29.3 Å². The smallest absolute Gasteiger partial charge is 0.246 e. The van der Waals surface area contributed by atoms with Crippen molar-refractivity contribution in [3.05, 3.63) is 60.7 Å². The molecule has 2 aromatic heterocycles. The zero-order valence-electron chi connectivity index (χ0n) is 21.5. The number of methoxy groups -OCH3 is 1. The minimum Gasteiger partial charge on any atom is -0.493 e. The highest BCUT2D eigenvalue weighted by atomic mass is 19.2. The molecule has 0 radical (unpaired) electrons. The van der Waals surface area contributed by atoms with E-state index in [4.69, 9.17) is 14.6 Å². The third-order valence-electron chi connectivity index (χ3n) is 5.77. The molecule has 0 aliphatic carbocycles. The molecule has 1 amide bonds. The van der Waals surface area contributed by atoms with E-state index in [1.54, 1.807) is 25.4 Å². The van der Waals surface area contributed by atoms with Gasteiger partial charge in [0.15, 0.2) is 23.1 Å². The number of ether oxygens (including phenoxy) is 2. The van der Waals surface area contributed by atoms with Gasteiger partial charge in [-0.3, -0.25) is 9.48 Å². The van der Waals surface area contributed by atoms with Gasteiger partial charge >= 0.3 is 0 Å². The first-order valence-electron chi connectivity index (χ1n) is 12.2. The van der Waals surface area contributed by atoms with Gasteiger partial charge < -0.3 is 30.1 Å². The predicted molar refractivity (Wildman–Crippen MR) is 141 cm³/mol. The van der Waals surface area contributed by atoms with E-state index in [-0.39, 0.29) is 18.8 Å². The van der Waals surface area contributed by atoms with Crippen LogP contribution in [0.25, 0.3) is 10.9 Å². The van der Waals surface area contributed by atoms with Crippen molar-refractivity contribution in [1.82, 2.24) is 24.6 Å². The van der Waals surface area contributed by atoms with Gasteiger partial charge in [0.05, 0.1) is 43.4 Å². The largest absolute Gasteiger partial charge is 0.493 e. The fourth-order valence-electron chi connectivity index (χ4n) is 3.82. The van der Waals surface area contributed by atoms with Gasteiger partial charge in [0, 0.05) is 30.7 Å². The first-order chi connectivity index (χ1) is 18.9. The van der Waals surface area contributed by atoms with E-state index in [9.17, 15) is 13.6 Å². The number of halogens is 2. The molecule has 39 heavy (non-hydrogen) atoms. The fraction of sp³-hybridized carbons (Fsp3) is 0.308. The molecule has 0 aliphatic heterocycles. The summed E-state index contributed by atoms with van der Waals surface area (Å²) in [6, 6.07) is 7.10. The Kier molecular flexibility index (Phi) is 9.18. The summed E-state index contributed by atoms with van der Waals surface area (Å²) in [4.78, 5) is 23.0. The average Bonchev–Trinajstić information content (AvgIpc) is 3.35.